The van der Waals surface area contributed by atoms with Crippen LogP contribution in [0.5, 0.6) is 0 Å². The summed E-state index contributed by atoms with van der Waals surface area (Å²) in [5.74, 6) is 4.73. The lowest BCUT2D eigenvalue weighted by Gasteiger charge is -2.13. The standard InChI is InChI=1S/C12H18N4O2/c1-3-14-11(17)8(2)15-12(18)9-4-6-10(16-13)7-5-9/h4-8,16H,3,13H2,1-2H3,(H,14,17)(H,15,18). The van der Waals surface area contributed by atoms with E-state index in [4.69, 9.17) is 5.84 Å². The maximum Gasteiger partial charge on any atom is 0.251 e. The zero-order chi connectivity index (χ0) is 13.5. The number of likely N-dealkylation sites (N-methyl/N-ethyl adjacent to an activating group) is 1. The number of benzene rings is 1. The van der Waals surface area contributed by atoms with Gasteiger partial charge in [0.1, 0.15) is 6.04 Å². The van der Waals surface area contributed by atoms with E-state index in [1.165, 1.54) is 0 Å². The summed E-state index contributed by atoms with van der Waals surface area (Å²) in [6.45, 7) is 4.00. The van der Waals surface area contributed by atoms with Crippen molar-refractivity contribution in [1.82, 2.24) is 10.6 Å². The number of amides is 2. The summed E-state index contributed by atoms with van der Waals surface area (Å²) in [7, 11) is 0. The van der Waals surface area contributed by atoms with Crippen LogP contribution >= 0.6 is 0 Å². The molecule has 0 saturated heterocycles. The van der Waals surface area contributed by atoms with E-state index in [9.17, 15) is 9.59 Å². The highest BCUT2D eigenvalue weighted by Crippen LogP contribution is 2.07. The number of carbonyl (C=O) groups is 2. The molecule has 0 aromatic heterocycles. The van der Waals surface area contributed by atoms with Gasteiger partial charge in [0.15, 0.2) is 0 Å². The van der Waals surface area contributed by atoms with Gasteiger partial charge in [0.2, 0.25) is 5.91 Å². The Kier molecular flexibility index (Phi) is 5.13. The lowest BCUT2D eigenvalue weighted by molar-refractivity contribution is -0.122. The molecular weight excluding hydrogens is 232 g/mol. The first-order valence-corrected chi connectivity index (χ1v) is 5.73. The number of carbonyl (C=O) groups excluding carboxylic acids is 2. The first-order valence-electron chi connectivity index (χ1n) is 5.73. The number of nitrogen functional groups attached to an aromatic ring is 1. The van der Waals surface area contributed by atoms with E-state index in [1.807, 2.05) is 6.92 Å². The second kappa shape index (κ2) is 6.61. The Labute approximate surface area is 106 Å². The smallest absolute Gasteiger partial charge is 0.251 e. The topological polar surface area (TPSA) is 96.2 Å². The van der Waals surface area contributed by atoms with Crippen molar-refractivity contribution in [2.75, 3.05) is 12.0 Å². The number of anilines is 1. The highest BCUT2D eigenvalue weighted by atomic mass is 16.2. The predicted molar refractivity (Wildman–Crippen MR) is 69.9 cm³/mol. The molecule has 1 aromatic carbocycles. The Morgan fingerprint density at radius 1 is 1.28 bits per heavy atom. The van der Waals surface area contributed by atoms with Crippen LogP contribution in [0.3, 0.4) is 0 Å². The van der Waals surface area contributed by atoms with E-state index >= 15 is 0 Å². The van der Waals surface area contributed by atoms with Crippen LogP contribution in [0.15, 0.2) is 24.3 Å². The van der Waals surface area contributed by atoms with Crippen molar-refractivity contribution in [2.45, 2.75) is 19.9 Å². The number of nitrogens with one attached hydrogen (secondary N) is 3. The van der Waals surface area contributed by atoms with E-state index in [-0.39, 0.29) is 11.8 Å². The van der Waals surface area contributed by atoms with Crippen LogP contribution in [0, 0.1) is 0 Å². The number of rotatable bonds is 5. The molecule has 2 amide bonds. The highest BCUT2D eigenvalue weighted by Gasteiger charge is 2.15. The average molecular weight is 250 g/mol. The third-order valence-corrected chi connectivity index (χ3v) is 2.41. The Morgan fingerprint density at radius 3 is 2.39 bits per heavy atom. The molecule has 6 nitrogen and oxygen atoms in total. The van der Waals surface area contributed by atoms with E-state index in [1.54, 1.807) is 31.2 Å². The molecule has 0 saturated carbocycles. The second-order valence-corrected chi connectivity index (χ2v) is 3.81. The summed E-state index contributed by atoms with van der Waals surface area (Å²) in [4.78, 5) is 23.3. The molecule has 0 bridgehead atoms. The minimum atomic E-state index is -0.565. The fourth-order valence-electron chi connectivity index (χ4n) is 1.39. The Bertz CT molecular complexity index is 417. The molecule has 5 N–H and O–H groups in total. The zero-order valence-corrected chi connectivity index (χ0v) is 10.5. The van der Waals surface area contributed by atoms with Gasteiger partial charge in [-0.15, -0.1) is 0 Å². The SMILES string of the molecule is CCNC(=O)C(C)NC(=O)c1ccc(NN)cc1. The maximum atomic E-state index is 11.8. The minimum absolute atomic E-state index is 0.203. The maximum absolute atomic E-state index is 11.8. The normalized spacial score (nSPS) is 11.5. The summed E-state index contributed by atoms with van der Waals surface area (Å²) in [5.41, 5.74) is 3.66. The number of nitrogens with two attached hydrogens (primary N) is 1. The summed E-state index contributed by atoms with van der Waals surface area (Å²) in [5, 5.41) is 5.26. The largest absolute Gasteiger partial charge is 0.355 e. The molecule has 1 aromatic rings. The Morgan fingerprint density at radius 2 is 1.89 bits per heavy atom. The van der Waals surface area contributed by atoms with Crippen molar-refractivity contribution in [3.05, 3.63) is 29.8 Å². The minimum Gasteiger partial charge on any atom is -0.355 e. The highest BCUT2D eigenvalue weighted by molar-refractivity contribution is 5.97. The summed E-state index contributed by atoms with van der Waals surface area (Å²) >= 11 is 0. The summed E-state index contributed by atoms with van der Waals surface area (Å²) < 4.78 is 0. The zero-order valence-electron chi connectivity index (χ0n) is 10.5. The first-order chi connectivity index (χ1) is 8.58. The van der Waals surface area contributed by atoms with Crippen LogP contribution in [0.2, 0.25) is 0 Å². The molecule has 0 fully saturated rings. The first kappa shape index (κ1) is 14.0. The van der Waals surface area contributed by atoms with Gasteiger partial charge in [-0.05, 0) is 38.1 Å². The third-order valence-electron chi connectivity index (χ3n) is 2.41. The monoisotopic (exact) mass is 250 g/mol. The van der Waals surface area contributed by atoms with Crippen LogP contribution in [0.1, 0.15) is 24.2 Å². The van der Waals surface area contributed by atoms with E-state index in [2.05, 4.69) is 16.1 Å². The number of hydrazine groups is 1. The lowest BCUT2D eigenvalue weighted by atomic mass is 10.2. The van der Waals surface area contributed by atoms with E-state index < -0.39 is 6.04 Å². The predicted octanol–water partition coefficient (Wildman–Crippen LogP) is 0.227. The molecule has 6 heteroatoms. The molecular formula is C12H18N4O2. The van der Waals surface area contributed by atoms with Crippen molar-refractivity contribution >= 4 is 17.5 Å². The van der Waals surface area contributed by atoms with Gasteiger partial charge in [-0.3, -0.25) is 15.4 Å². The molecule has 0 heterocycles. The van der Waals surface area contributed by atoms with Gasteiger partial charge < -0.3 is 16.1 Å². The molecule has 0 radical (unpaired) electrons. The van der Waals surface area contributed by atoms with Crippen LogP contribution in [-0.4, -0.2) is 24.4 Å². The van der Waals surface area contributed by atoms with Crippen LogP contribution in [-0.2, 0) is 4.79 Å². The number of hydrogen-bond acceptors (Lipinski definition) is 4. The van der Waals surface area contributed by atoms with E-state index in [0.717, 1.165) is 0 Å². The Balaban J connectivity index is 2.61. The fraction of sp³-hybridized carbons (Fsp3) is 0.333. The number of hydrogen-bond donors (Lipinski definition) is 4. The molecule has 98 valence electrons. The van der Waals surface area contributed by atoms with Crippen molar-refractivity contribution in [2.24, 2.45) is 5.84 Å². The van der Waals surface area contributed by atoms with Crippen LogP contribution in [0.25, 0.3) is 0 Å². The van der Waals surface area contributed by atoms with Gasteiger partial charge in [-0.2, -0.15) is 0 Å². The quantitative estimate of drug-likeness (QED) is 0.444. The van der Waals surface area contributed by atoms with Crippen molar-refractivity contribution in [3.8, 4) is 0 Å². The summed E-state index contributed by atoms with van der Waals surface area (Å²) in [6.07, 6.45) is 0. The van der Waals surface area contributed by atoms with Gasteiger partial charge in [-0.25, -0.2) is 0 Å². The van der Waals surface area contributed by atoms with Gasteiger partial charge in [0.05, 0.1) is 0 Å². The molecule has 1 rings (SSSR count). The molecule has 18 heavy (non-hydrogen) atoms. The van der Waals surface area contributed by atoms with Crippen molar-refractivity contribution in [3.63, 3.8) is 0 Å². The van der Waals surface area contributed by atoms with Crippen molar-refractivity contribution < 1.29 is 9.59 Å². The molecule has 1 unspecified atom stereocenters. The lowest BCUT2D eigenvalue weighted by Crippen LogP contribution is -2.44. The van der Waals surface area contributed by atoms with Crippen LogP contribution < -0.4 is 21.9 Å². The van der Waals surface area contributed by atoms with Gasteiger partial charge in [0.25, 0.3) is 5.91 Å². The molecule has 1 atom stereocenters. The molecule has 0 aliphatic heterocycles. The summed E-state index contributed by atoms with van der Waals surface area (Å²) in [6, 6.07) is 6.08. The fourth-order valence-corrected chi connectivity index (χ4v) is 1.39. The third kappa shape index (κ3) is 3.74. The Hall–Kier alpha value is -2.08. The van der Waals surface area contributed by atoms with Gasteiger partial charge in [-0.1, -0.05) is 0 Å². The molecule has 0 spiro atoms. The van der Waals surface area contributed by atoms with E-state index in [0.29, 0.717) is 17.8 Å². The van der Waals surface area contributed by atoms with Gasteiger partial charge >= 0.3 is 0 Å². The second-order valence-electron chi connectivity index (χ2n) is 3.81. The molecule has 0 aliphatic rings. The van der Waals surface area contributed by atoms with Crippen molar-refractivity contribution in [1.29, 1.82) is 0 Å². The average Bonchev–Trinajstić information content (AvgIpc) is 2.39. The van der Waals surface area contributed by atoms with Gasteiger partial charge in [0, 0.05) is 17.8 Å². The van der Waals surface area contributed by atoms with Crippen LogP contribution in [0.4, 0.5) is 5.69 Å². The molecule has 0 aliphatic carbocycles.